The molecule has 2 rings (SSSR count). The molecule has 20 heavy (non-hydrogen) atoms. The number of nitrogens with zero attached hydrogens (tertiary/aromatic N) is 1. The van der Waals surface area contributed by atoms with Crippen LogP contribution in [0.4, 0.5) is 4.39 Å². The van der Waals surface area contributed by atoms with Crippen LogP contribution < -0.4 is 0 Å². The van der Waals surface area contributed by atoms with Crippen LogP contribution in [0.25, 0.3) is 10.8 Å². The molecule has 0 aliphatic heterocycles. The van der Waals surface area contributed by atoms with Crippen LogP contribution in [0.2, 0.25) is 5.15 Å². The molecule has 0 amide bonds. The summed E-state index contributed by atoms with van der Waals surface area (Å²) >= 11 is 5.91. The minimum absolute atomic E-state index is 0.0558. The van der Waals surface area contributed by atoms with Gasteiger partial charge in [-0.1, -0.05) is 24.9 Å². The van der Waals surface area contributed by atoms with Gasteiger partial charge in [0.05, 0.1) is 6.61 Å². The van der Waals surface area contributed by atoms with Crippen LogP contribution >= 0.6 is 11.6 Å². The van der Waals surface area contributed by atoms with Crippen molar-refractivity contribution < 1.29 is 19.0 Å². The van der Waals surface area contributed by atoms with E-state index in [1.165, 1.54) is 12.1 Å². The van der Waals surface area contributed by atoms with Crippen molar-refractivity contribution in [3.63, 3.8) is 0 Å². The van der Waals surface area contributed by atoms with E-state index in [0.29, 0.717) is 0 Å². The summed E-state index contributed by atoms with van der Waals surface area (Å²) in [6.45, 7) is 2.21. The number of halogens is 2. The molecule has 0 radical (unpaired) electrons. The van der Waals surface area contributed by atoms with E-state index < -0.39 is 11.8 Å². The van der Waals surface area contributed by atoms with Gasteiger partial charge < -0.3 is 9.84 Å². The van der Waals surface area contributed by atoms with Crippen LogP contribution in [0.5, 0.6) is 5.75 Å². The predicted octanol–water partition coefficient (Wildman–Crippen LogP) is 3.69. The van der Waals surface area contributed by atoms with E-state index in [2.05, 4.69) is 4.98 Å². The lowest BCUT2D eigenvalue weighted by Gasteiger charge is -2.09. The molecular formula is C14H13ClFNO3. The van der Waals surface area contributed by atoms with E-state index in [4.69, 9.17) is 16.3 Å². The molecule has 0 atom stereocenters. The van der Waals surface area contributed by atoms with Crippen LogP contribution in [-0.2, 0) is 4.74 Å². The molecule has 0 spiro atoms. The van der Waals surface area contributed by atoms with Gasteiger partial charge in [-0.25, -0.2) is 14.2 Å². The standard InChI is InChI=1S/C14H13ClFNO3/c1-2-3-6-20-14(19)11-12(18)9-5-4-8(16)7-10(9)13(15)17-11/h4-5,7,18H,2-3,6H2,1H3. The van der Waals surface area contributed by atoms with Crippen molar-refractivity contribution in [1.82, 2.24) is 4.98 Å². The zero-order chi connectivity index (χ0) is 14.7. The lowest BCUT2D eigenvalue weighted by molar-refractivity contribution is 0.0489. The van der Waals surface area contributed by atoms with Crippen LogP contribution in [0.15, 0.2) is 18.2 Å². The Labute approximate surface area is 120 Å². The van der Waals surface area contributed by atoms with Crippen molar-refractivity contribution in [2.45, 2.75) is 19.8 Å². The topological polar surface area (TPSA) is 59.4 Å². The molecule has 0 fully saturated rings. The average Bonchev–Trinajstić information content (AvgIpc) is 2.42. The Hall–Kier alpha value is -1.88. The largest absolute Gasteiger partial charge is 0.505 e. The second kappa shape index (κ2) is 6.05. The quantitative estimate of drug-likeness (QED) is 0.531. The Morgan fingerprint density at radius 3 is 2.90 bits per heavy atom. The van der Waals surface area contributed by atoms with E-state index in [0.717, 1.165) is 18.9 Å². The van der Waals surface area contributed by atoms with Gasteiger partial charge in [0, 0.05) is 10.8 Å². The number of pyridine rings is 1. The summed E-state index contributed by atoms with van der Waals surface area (Å²) in [5.41, 5.74) is -0.259. The van der Waals surface area contributed by atoms with E-state index in [-0.39, 0.29) is 34.0 Å². The van der Waals surface area contributed by atoms with Crippen molar-refractivity contribution >= 4 is 28.3 Å². The molecule has 6 heteroatoms. The number of hydrogen-bond acceptors (Lipinski definition) is 4. The molecule has 1 heterocycles. The number of carbonyl (C=O) groups is 1. The molecular weight excluding hydrogens is 285 g/mol. The van der Waals surface area contributed by atoms with Crippen LogP contribution in [0.3, 0.4) is 0 Å². The molecule has 1 aromatic carbocycles. The van der Waals surface area contributed by atoms with E-state index in [9.17, 15) is 14.3 Å². The third kappa shape index (κ3) is 2.82. The zero-order valence-electron chi connectivity index (χ0n) is 10.8. The van der Waals surface area contributed by atoms with Crippen molar-refractivity contribution in [2.75, 3.05) is 6.61 Å². The number of carbonyl (C=O) groups excluding carboxylic acids is 1. The highest BCUT2D eigenvalue weighted by molar-refractivity contribution is 6.34. The third-order valence-corrected chi connectivity index (χ3v) is 3.11. The van der Waals surface area contributed by atoms with Gasteiger partial charge in [-0.05, 0) is 24.6 Å². The second-order valence-corrected chi connectivity index (χ2v) is 4.64. The molecule has 0 unspecified atom stereocenters. The maximum Gasteiger partial charge on any atom is 0.360 e. The third-order valence-electron chi connectivity index (χ3n) is 2.82. The molecule has 2 aromatic rings. The minimum Gasteiger partial charge on any atom is -0.505 e. The molecule has 106 valence electrons. The first-order chi connectivity index (χ1) is 9.54. The Morgan fingerprint density at radius 1 is 1.45 bits per heavy atom. The number of esters is 1. The fourth-order valence-corrected chi connectivity index (χ4v) is 1.99. The second-order valence-electron chi connectivity index (χ2n) is 4.28. The van der Waals surface area contributed by atoms with Crippen LogP contribution in [0, 0.1) is 5.82 Å². The first-order valence-electron chi connectivity index (χ1n) is 6.19. The van der Waals surface area contributed by atoms with E-state index in [1.54, 1.807) is 0 Å². The van der Waals surface area contributed by atoms with Gasteiger partial charge in [-0.3, -0.25) is 0 Å². The monoisotopic (exact) mass is 297 g/mol. The fourth-order valence-electron chi connectivity index (χ4n) is 1.75. The number of aromatic hydroxyl groups is 1. The highest BCUT2D eigenvalue weighted by Crippen LogP contribution is 2.32. The van der Waals surface area contributed by atoms with Crippen LogP contribution in [-0.4, -0.2) is 22.7 Å². The van der Waals surface area contributed by atoms with Gasteiger partial charge in [0.2, 0.25) is 0 Å². The lowest BCUT2D eigenvalue weighted by atomic mass is 10.1. The molecule has 0 saturated heterocycles. The molecule has 0 bridgehead atoms. The molecule has 4 nitrogen and oxygen atoms in total. The molecule has 1 aromatic heterocycles. The zero-order valence-corrected chi connectivity index (χ0v) is 11.6. The molecule has 0 aliphatic rings. The summed E-state index contributed by atoms with van der Waals surface area (Å²) in [7, 11) is 0. The van der Waals surface area contributed by atoms with Crippen molar-refractivity contribution in [3.8, 4) is 5.75 Å². The smallest absolute Gasteiger partial charge is 0.360 e. The van der Waals surface area contributed by atoms with E-state index in [1.807, 2.05) is 6.92 Å². The van der Waals surface area contributed by atoms with E-state index >= 15 is 0 Å². The highest BCUT2D eigenvalue weighted by atomic mass is 35.5. The van der Waals surface area contributed by atoms with Gasteiger partial charge in [-0.15, -0.1) is 0 Å². The number of aromatic nitrogens is 1. The van der Waals surface area contributed by atoms with Gasteiger partial charge in [0.25, 0.3) is 0 Å². The Bertz CT molecular complexity index is 660. The summed E-state index contributed by atoms with van der Waals surface area (Å²) < 4.78 is 18.1. The molecule has 1 N–H and O–H groups in total. The van der Waals surface area contributed by atoms with Gasteiger partial charge >= 0.3 is 5.97 Å². The first-order valence-corrected chi connectivity index (χ1v) is 6.57. The summed E-state index contributed by atoms with van der Waals surface area (Å²) in [6, 6.07) is 3.66. The summed E-state index contributed by atoms with van der Waals surface area (Å²) in [6.07, 6.45) is 1.60. The first kappa shape index (κ1) is 14.5. The number of benzene rings is 1. The Balaban J connectivity index is 2.42. The average molecular weight is 298 g/mol. The maximum absolute atomic E-state index is 13.2. The summed E-state index contributed by atoms with van der Waals surface area (Å²) in [5.74, 6) is -1.60. The highest BCUT2D eigenvalue weighted by Gasteiger charge is 2.20. The van der Waals surface area contributed by atoms with Crippen molar-refractivity contribution in [1.29, 1.82) is 0 Å². The van der Waals surface area contributed by atoms with Crippen molar-refractivity contribution in [2.24, 2.45) is 0 Å². The van der Waals surface area contributed by atoms with Gasteiger partial charge in [0.15, 0.2) is 11.4 Å². The van der Waals surface area contributed by atoms with Crippen LogP contribution in [0.1, 0.15) is 30.3 Å². The normalized spacial score (nSPS) is 10.8. The van der Waals surface area contributed by atoms with Gasteiger partial charge in [0.1, 0.15) is 11.0 Å². The number of fused-ring (bicyclic) bond motifs is 1. The predicted molar refractivity (Wildman–Crippen MR) is 73.6 cm³/mol. The maximum atomic E-state index is 13.2. The number of unbranched alkanes of at least 4 members (excludes halogenated alkanes) is 1. The van der Waals surface area contributed by atoms with Crippen molar-refractivity contribution in [3.05, 3.63) is 34.9 Å². The number of ether oxygens (including phenoxy) is 1. The SMILES string of the molecule is CCCCOC(=O)c1nc(Cl)c2cc(F)ccc2c1O. The Morgan fingerprint density at radius 2 is 2.20 bits per heavy atom. The fraction of sp³-hybridized carbons (Fsp3) is 0.286. The lowest BCUT2D eigenvalue weighted by Crippen LogP contribution is -2.09. The van der Waals surface area contributed by atoms with Gasteiger partial charge in [-0.2, -0.15) is 0 Å². The number of hydrogen-bond donors (Lipinski definition) is 1. The minimum atomic E-state index is -0.746. The summed E-state index contributed by atoms with van der Waals surface area (Å²) in [4.78, 5) is 15.6. The molecule has 0 aliphatic carbocycles. The Kier molecular flexibility index (Phi) is 4.39. The number of rotatable bonds is 4. The summed E-state index contributed by atoms with van der Waals surface area (Å²) in [5, 5.41) is 10.5. The molecule has 0 saturated carbocycles.